The lowest BCUT2D eigenvalue weighted by Gasteiger charge is -2.12. The van der Waals surface area contributed by atoms with Crippen LogP contribution in [0.15, 0.2) is 16.5 Å². The number of unbranched alkanes of at least 4 members (excludes halogenated alkanes) is 1. The van der Waals surface area contributed by atoms with E-state index in [9.17, 15) is 4.79 Å². The standard InChI is InChI=1S/C16H21N3O5/c1-5-6-7-13(20)17-16-19-18-15(24-16)10-8-11(21-2)14(23-4)12(9-10)22-3/h8-9H,5-7H2,1-4H3,(H,17,19,20). The van der Waals surface area contributed by atoms with Gasteiger partial charge in [0.2, 0.25) is 17.5 Å². The lowest BCUT2D eigenvalue weighted by atomic mass is 10.2. The van der Waals surface area contributed by atoms with Crippen LogP contribution in [0.3, 0.4) is 0 Å². The molecule has 0 unspecified atom stereocenters. The Kier molecular flexibility index (Phi) is 6.00. The van der Waals surface area contributed by atoms with E-state index >= 15 is 0 Å². The molecule has 1 aromatic heterocycles. The van der Waals surface area contributed by atoms with Crippen molar-refractivity contribution in [3.63, 3.8) is 0 Å². The number of carbonyl (C=O) groups is 1. The number of ether oxygens (including phenoxy) is 3. The Morgan fingerprint density at radius 3 is 2.33 bits per heavy atom. The van der Waals surface area contributed by atoms with E-state index in [4.69, 9.17) is 18.6 Å². The first-order valence-corrected chi connectivity index (χ1v) is 7.56. The zero-order valence-corrected chi connectivity index (χ0v) is 14.2. The maximum atomic E-state index is 11.7. The van der Waals surface area contributed by atoms with E-state index in [1.165, 1.54) is 21.3 Å². The highest BCUT2D eigenvalue weighted by Gasteiger charge is 2.18. The minimum Gasteiger partial charge on any atom is -0.493 e. The lowest BCUT2D eigenvalue weighted by Crippen LogP contribution is -2.11. The molecule has 130 valence electrons. The molecule has 1 N–H and O–H groups in total. The van der Waals surface area contributed by atoms with Crippen molar-refractivity contribution in [3.05, 3.63) is 12.1 Å². The summed E-state index contributed by atoms with van der Waals surface area (Å²) in [4.78, 5) is 11.7. The first kappa shape index (κ1) is 17.6. The van der Waals surface area contributed by atoms with Crippen molar-refractivity contribution in [1.82, 2.24) is 10.2 Å². The molecule has 1 heterocycles. The quantitative estimate of drug-likeness (QED) is 0.792. The molecule has 0 aliphatic rings. The van der Waals surface area contributed by atoms with E-state index in [1.807, 2.05) is 6.92 Å². The molecule has 8 nitrogen and oxygen atoms in total. The Balaban J connectivity index is 2.24. The monoisotopic (exact) mass is 335 g/mol. The second-order valence-electron chi connectivity index (χ2n) is 4.98. The summed E-state index contributed by atoms with van der Waals surface area (Å²) >= 11 is 0. The summed E-state index contributed by atoms with van der Waals surface area (Å²) in [6.07, 6.45) is 2.16. The van der Waals surface area contributed by atoms with Gasteiger partial charge in [-0.25, -0.2) is 0 Å². The van der Waals surface area contributed by atoms with Crippen molar-refractivity contribution in [3.8, 4) is 28.7 Å². The van der Waals surface area contributed by atoms with Crippen LogP contribution in [-0.2, 0) is 4.79 Å². The number of aromatic nitrogens is 2. The Bertz CT molecular complexity index is 674. The summed E-state index contributed by atoms with van der Waals surface area (Å²) in [5, 5.41) is 10.4. The zero-order chi connectivity index (χ0) is 17.5. The fourth-order valence-corrected chi connectivity index (χ4v) is 2.11. The summed E-state index contributed by atoms with van der Waals surface area (Å²) in [5.41, 5.74) is 0.589. The van der Waals surface area contributed by atoms with Gasteiger partial charge in [0.25, 0.3) is 0 Å². The molecule has 2 rings (SSSR count). The fraction of sp³-hybridized carbons (Fsp3) is 0.438. The molecule has 0 atom stereocenters. The number of anilines is 1. The summed E-state index contributed by atoms with van der Waals surface area (Å²) < 4.78 is 21.3. The highest BCUT2D eigenvalue weighted by atomic mass is 16.5. The second kappa shape index (κ2) is 8.19. The number of nitrogens with zero attached hydrogens (tertiary/aromatic N) is 2. The summed E-state index contributed by atoms with van der Waals surface area (Å²) in [5.74, 6) is 1.49. The van der Waals surface area contributed by atoms with Gasteiger partial charge < -0.3 is 18.6 Å². The van der Waals surface area contributed by atoms with Crippen LogP contribution >= 0.6 is 0 Å². The number of carbonyl (C=O) groups excluding carboxylic acids is 1. The smallest absolute Gasteiger partial charge is 0.322 e. The second-order valence-corrected chi connectivity index (χ2v) is 4.98. The summed E-state index contributed by atoms with van der Waals surface area (Å²) in [6.45, 7) is 2.02. The summed E-state index contributed by atoms with van der Waals surface area (Å²) in [7, 11) is 4.57. The number of hydrogen-bond donors (Lipinski definition) is 1. The molecule has 0 spiro atoms. The number of hydrogen-bond acceptors (Lipinski definition) is 7. The van der Waals surface area contributed by atoms with E-state index in [2.05, 4.69) is 15.5 Å². The molecule has 24 heavy (non-hydrogen) atoms. The maximum Gasteiger partial charge on any atom is 0.322 e. The van der Waals surface area contributed by atoms with E-state index < -0.39 is 0 Å². The van der Waals surface area contributed by atoms with Gasteiger partial charge in [-0.3, -0.25) is 10.1 Å². The first-order valence-electron chi connectivity index (χ1n) is 7.56. The fourth-order valence-electron chi connectivity index (χ4n) is 2.11. The Morgan fingerprint density at radius 1 is 1.12 bits per heavy atom. The highest BCUT2D eigenvalue weighted by Crippen LogP contribution is 2.41. The number of nitrogens with one attached hydrogen (secondary N) is 1. The molecule has 0 radical (unpaired) electrons. The van der Waals surface area contributed by atoms with Crippen LogP contribution in [-0.4, -0.2) is 37.4 Å². The third kappa shape index (κ3) is 3.95. The van der Waals surface area contributed by atoms with Crippen LogP contribution < -0.4 is 19.5 Å². The molecule has 1 amide bonds. The molecule has 1 aromatic carbocycles. The van der Waals surface area contributed by atoms with Gasteiger partial charge in [-0.15, -0.1) is 5.10 Å². The zero-order valence-electron chi connectivity index (χ0n) is 14.2. The van der Waals surface area contributed by atoms with Gasteiger partial charge in [-0.2, -0.15) is 0 Å². The Morgan fingerprint density at radius 2 is 1.79 bits per heavy atom. The molecule has 0 bridgehead atoms. The molecule has 8 heteroatoms. The van der Waals surface area contributed by atoms with Gasteiger partial charge in [0.1, 0.15) is 0 Å². The van der Waals surface area contributed by atoms with Crippen molar-refractivity contribution in [2.24, 2.45) is 0 Å². The molecule has 0 aliphatic heterocycles. The van der Waals surface area contributed by atoms with Gasteiger partial charge in [0.05, 0.1) is 21.3 Å². The van der Waals surface area contributed by atoms with E-state index in [-0.39, 0.29) is 17.8 Å². The van der Waals surface area contributed by atoms with Crippen LogP contribution in [0.2, 0.25) is 0 Å². The van der Waals surface area contributed by atoms with Crippen LogP contribution in [0.1, 0.15) is 26.2 Å². The molecule has 0 saturated carbocycles. The van der Waals surface area contributed by atoms with Crippen molar-refractivity contribution in [2.75, 3.05) is 26.6 Å². The predicted molar refractivity (Wildman–Crippen MR) is 87.5 cm³/mol. The molecule has 0 aliphatic carbocycles. The van der Waals surface area contributed by atoms with Gasteiger partial charge in [-0.1, -0.05) is 18.4 Å². The van der Waals surface area contributed by atoms with Gasteiger partial charge in [0, 0.05) is 12.0 Å². The third-order valence-electron chi connectivity index (χ3n) is 3.34. The average Bonchev–Trinajstić information content (AvgIpc) is 3.06. The maximum absolute atomic E-state index is 11.7. The van der Waals surface area contributed by atoms with Crippen LogP contribution in [0.4, 0.5) is 6.01 Å². The molecule has 2 aromatic rings. The van der Waals surface area contributed by atoms with Gasteiger partial charge >= 0.3 is 6.01 Å². The Hall–Kier alpha value is -2.77. The first-order chi connectivity index (χ1) is 11.6. The number of benzene rings is 1. The van der Waals surface area contributed by atoms with Gasteiger partial charge in [0.15, 0.2) is 11.5 Å². The van der Waals surface area contributed by atoms with Crippen molar-refractivity contribution >= 4 is 11.9 Å². The van der Waals surface area contributed by atoms with Crippen LogP contribution in [0.5, 0.6) is 17.2 Å². The highest BCUT2D eigenvalue weighted by molar-refractivity contribution is 5.88. The molecular formula is C16H21N3O5. The third-order valence-corrected chi connectivity index (χ3v) is 3.34. The number of amides is 1. The normalized spacial score (nSPS) is 10.3. The van der Waals surface area contributed by atoms with Gasteiger partial charge in [-0.05, 0) is 18.6 Å². The topological polar surface area (TPSA) is 95.7 Å². The minimum absolute atomic E-state index is 0.0554. The number of methoxy groups -OCH3 is 3. The van der Waals surface area contributed by atoms with Crippen LogP contribution in [0, 0.1) is 0 Å². The molecular weight excluding hydrogens is 314 g/mol. The molecule has 0 fully saturated rings. The minimum atomic E-state index is -0.156. The summed E-state index contributed by atoms with van der Waals surface area (Å²) in [6, 6.07) is 3.44. The molecule has 0 saturated heterocycles. The average molecular weight is 335 g/mol. The largest absolute Gasteiger partial charge is 0.493 e. The van der Waals surface area contributed by atoms with E-state index in [0.717, 1.165) is 12.8 Å². The van der Waals surface area contributed by atoms with Crippen molar-refractivity contribution in [1.29, 1.82) is 0 Å². The lowest BCUT2D eigenvalue weighted by molar-refractivity contribution is -0.116. The van der Waals surface area contributed by atoms with E-state index in [0.29, 0.717) is 29.2 Å². The van der Waals surface area contributed by atoms with Crippen molar-refractivity contribution in [2.45, 2.75) is 26.2 Å². The SMILES string of the molecule is CCCCC(=O)Nc1nnc(-c2cc(OC)c(OC)c(OC)c2)o1. The van der Waals surface area contributed by atoms with Crippen LogP contribution in [0.25, 0.3) is 11.5 Å². The van der Waals surface area contributed by atoms with E-state index in [1.54, 1.807) is 12.1 Å². The van der Waals surface area contributed by atoms with Crippen molar-refractivity contribution < 1.29 is 23.4 Å². The Labute approximate surface area is 140 Å². The predicted octanol–water partition coefficient (Wildman–Crippen LogP) is 2.89. The number of rotatable bonds is 8.